The molecular formula is C16H27N3O3. The van der Waals surface area contributed by atoms with Gasteiger partial charge >= 0.3 is 5.97 Å². The van der Waals surface area contributed by atoms with E-state index in [9.17, 15) is 14.7 Å². The van der Waals surface area contributed by atoms with Crippen LogP contribution in [0.5, 0.6) is 0 Å². The molecule has 0 fully saturated rings. The molecule has 22 heavy (non-hydrogen) atoms. The molecule has 2 N–H and O–H groups in total. The Morgan fingerprint density at radius 2 is 1.91 bits per heavy atom. The Balaban J connectivity index is 2.92. The third-order valence-electron chi connectivity index (χ3n) is 3.89. The van der Waals surface area contributed by atoms with E-state index < -0.39 is 12.0 Å². The molecule has 0 aliphatic heterocycles. The van der Waals surface area contributed by atoms with E-state index in [1.54, 1.807) is 0 Å². The molecule has 0 saturated heterocycles. The summed E-state index contributed by atoms with van der Waals surface area (Å²) >= 11 is 0. The minimum absolute atomic E-state index is 0.190. The van der Waals surface area contributed by atoms with Crippen molar-refractivity contribution in [3.8, 4) is 0 Å². The molecule has 0 unspecified atom stereocenters. The number of carbonyl (C=O) groups is 2. The molecule has 1 aromatic heterocycles. The fourth-order valence-corrected chi connectivity index (χ4v) is 2.58. The molecule has 0 radical (unpaired) electrons. The van der Waals surface area contributed by atoms with Gasteiger partial charge in [-0.05, 0) is 32.1 Å². The van der Waals surface area contributed by atoms with Crippen molar-refractivity contribution >= 4 is 11.9 Å². The van der Waals surface area contributed by atoms with Crippen molar-refractivity contribution in [2.45, 2.75) is 66.0 Å². The van der Waals surface area contributed by atoms with Crippen LogP contribution >= 0.6 is 0 Å². The smallest absolute Gasteiger partial charge is 0.326 e. The van der Waals surface area contributed by atoms with Crippen molar-refractivity contribution in [1.82, 2.24) is 15.1 Å². The molecule has 0 spiro atoms. The number of amides is 1. The predicted molar refractivity (Wildman–Crippen MR) is 84.9 cm³/mol. The van der Waals surface area contributed by atoms with E-state index in [4.69, 9.17) is 0 Å². The van der Waals surface area contributed by atoms with Crippen LogP contribution in [-0.4, -0.2) is 32.8 Å². The maximum absolute atomic E-state index is 12.3. The van der Waals surface area contributed by atoms with Crippen molar-refractivity contribution in [1.29, 1.82) is 0 Å². The van der Waals surface area contributed by atoms with Crippen LogP contribution in [0.3, 0.4) is 0 Å². The number of hydrogen-bond acceptors (Lipinski definition) is 3. The largest absolute Gasteiger partial charge is 0.480 e. The van der Waals surface area contributed by atoms with Gasteiger partial charge in [-0.1, -0.05) is 27.7 Å². The van der Waals surface area contributed by atoms with Gasteiger partial charge < -0.3 is 10.4 Å². The topological polar surface area (TPSA) is 84.2 Å². The predicted octanol–water partition coefficient (Wildman–Crippen LogP) is 2.78. The van der Waals surface area contributed by atoms with Crippen LogP contribution in [0.15, 0.2) is 6.20 Å². The molecule has 1 amide bonds. The maximum atomic E-state index is 12.3. The van der Waals surface area contributed by atoms with E-state index in [1.807, 2.05) is 25.5 Å². The summed E-state index contributed by atoms with van der Waals surface area (Å²) < 4.78 is 1.85. The highest BCUT2D eigenvalue weighted by Crippen LogP contribution is 2.19. The number of nitrogens with zero attached hydrogens (tertiary/aromatic N) is 2. The van der Waals surface area contributed by atoms with E-state index in [0.717, 1.165) is 18.5 Å². The average Bonchev–Trinajstić information content (AvgIpc) is 2.81. The van der Waals surface area contributed by atoms with E-state index in [-0.39, 0.29) is 17.9 Å². The summed E-state index contributed by atoms with van der Waals surface area (Å²) in [5.41, 5.74) is 1.22. The van der Waals surface area contributed by atoms with Crippen LogP contribution in [0.25, 0.3) is 0 Å². The zero-order chi connectivity index (χ0) is 16.9. The minimum Gasteiger partial charge on any atom is -0.480 e. The van der Waals surface area contributed by atoms with Gasteiger partial charge in [0, 0.05) is 5.69 Å². The first-order chi connectivity index (χ1) is 10.3. The number of carboxylic acid groups (broad SMARTS) is 1. The number of aromatic nitrogens is 2. The summed E-state index contributed by atoms with van der Waals surface area (Å²) in [6.07, 6.45) is 3.80. The van der Waals surface area contributed by atoms with Crippen molar-refractivity contribution in [2.75, 3.05) is 0 Å². The lowest BCUT2D eigenvalue weighted by Gasteiger charge is -2.17. The van der Waals surface area contributed by atoms with Gasteiger partial charge in [-0.15, -0.1) is 0 Å². The van der Waals surface area contributed by atoms with Crippen molar-refractivity contribution in [2.24, 2.45) is 5.92 Å². The van der Waals surface area contributed by atoms with Gasteiger partial charge in [-0.25, -0.2) is 4.79 Å². The van der Waals surface area contributed by atoms with Crippen LogP contribution in [-0.2, 0) is 4.79 Å². The molecule has 0 aliphatic rings. The number of nitrogens with one attached hydrogen (secondary N) is 1. The summed E-state index contributed by atoms with van der Waals surface area (Å²) in [5, 5.41) is 16.1. The quantitative estimate of drug-likeness (QED) is 0.773. The fourth-order valence-electron chi connectivity index (χ4n) is 2.58. The van der Waals surface area contributed by atoms with Gasteiger partial charge in [0.2, 0.25) is 0 Å². The number of rotatable bonds is 8. The highest BCUT2D eigenvalue weighted by molar-refractivity contribution is 5.97. The van der Waals surface area contributed by atoms with Gasteiger partial charge in [-0.2, -0.15) is 5.10 Å². The molecule has 0 bridgehead atoms. The Labute approximate surface area is 131 Å². The Kier molecular flexibility index (Phi) is 6.59. The molecule has 1 rings (SSSR count). The third-order valence-corrected chi connectivity index (χ3v) is 3.89. The normalized spacial score (nSPS) is 12.7. The van der Waals surface area contributed by atoms with Crippen LogP contribution in [0.2, 0.25) is 0 Å². The summed E-state index contributed by atoms with van der Waals surface area (Å²) in [4.78, 5) is 23.6. The Bertz CT molecular complexity index is 519. The first-order valence-corrected chi connectivity index (χ1v) is 7.89. The third kappa shape index (κ3) is 4.32. The zero-order valence-electron chi connectivity index (χ0n) is 14.1. The first kappa shape index (κ1) is 18.2. The van der Waals surface area contributed by atoms with E-state index in [0.29, 0.717) is 12.0 Å². The van der Waals surface area contributed by atoms with Crippen LogP contribution < -0.4 is 5.32 Å². The molecule has 0 aliphatic carbocycles. The summed E-state index contributed by atoms with van der Waals surface area (Å²) in [7, 11) is 0. The van der Waals surface area contributed by atoms with Crippen LogP contribution in [0, 0.1) is 12.8 Å². The van der Waals surface area contributed by atoms with Gasteiger partial charge in [-0.3, -0.25) is 9.48 Å². The molecule has 6 heteroatoms. The lowest BCUT2D eigenvalue weighted by atomic mass is 10.0. The van der Waals surface area contributed by atoms with Gasteiger partial charge in [0.25, 0.3) is 5.91 Å². The van der Waals surface area contributed by atoms with E-state index in [1.165, 1.54) is 6.20 Å². The first-order valence-electron chi connectivity index (χ1n) is 7.89. The number of hydrogen-bond donors (Lipinski definition) is 2. The highest BCUT2D eigenvalue weighted by Gasteiger charge is 2.24. The monoisotopic (exact) mass is 309 g/mol. The van der Waals surface area contributed by atoms with Gasteiger partial charge in [0.05, 0.1) is 17.8 Å². The number of aliphatic carboxylic acids is 1. The second kappa shape index (κ2) is 7.96. The maximum Gasteiger partial charge on any atom is 0.326 e. The van der Waals surface area contributed by atoms with E-state index in [2.05, 4.69) is 24.3 Å². The molecule has 124 valence electrons. The lowest BCUT2D eigenvalue weighted by molar-refractivity contribution is -0.139. The second-order valence-electron chi connectivity index (χ2n) is 6.05. The number of carboxylic acids is 1. The summed E-state index contributed by atoms with van der Waals surface area (Å²) in [5.74, 6) is -1.19. The van der Waals surface area contributed by atoms with E-state index >= 15 is 0 Å². The molecule has 1 atom stereocenters. The van der Waals surface area contributed by atoms with Crippen LogP contribution in [0.1, 0.15) is 69.1 Å². The van der Waals surface area contributed by atoms with Crippen molar-refractivity contribution in [3.05, 3.63) is 17.5 Å². The van der Waals surface area contributed by atoms with Gasteiger partial charge in [0.15, 0.2) is 0 Å². The van der Waals surface area contributed by atoms with Gasteiger partial charge in [0.1, 0.15) is 6.04 Å². The molecule has 1 heterocycles. The van der Waals surface area contributed by atoms with Crippen molar-refractivity contribution < 1.29 is 14.7 Å². The lowest BCUT2D eigenvalue weighted by Crippen LogP contribution is -2.41. The standard InChI is InChI=1S/C16H27N3O3/c1-6-12(7-2)19-11(5)13(9-17-19)15(20)18-14(16(21)22)8-10(3)4/h9-10,12,14H,6-8H2,1-5H3,(H,18,20)(H,21,22)/t14-/m0/s1. The average molecular weight is 309 g/mol. The molecule has 0 saturated carbocycles. The molecule has 1 aromatic rings. The Hall–Kier alpha value is -1.85. The molecule has 6 nitrogen and oxygen atoms in total. The molecular weight excluding hydrogens is 282 g/mol. The number of carbonyl (C=O) groups excluding carboxylic acids is 1. The highest BCUT2D eigenvalue weighted by atomic mass is 16.4. The molecule has 0 aromatic carbocycles. The zero-order valence-corrected chi connectivity index (χ0v) is 14.1. The Morgan fingerprint density at radius 3 is 2.36 bits per heavy atom. The van der Waals surface area contributed by atoms with Crippen molar-refractivity contribution in [3.63, 3.8) is 0 Å². The minimum atomic E-state index is -1.01. The second-order valence-corrected chi connectivity index (χ2v) is 6.05. The summed E-state index contributed by atoms with van der Waals surface area (Å²) in [6, 6.07) is -0.615. The van der Waals surface area contributed by atoms with Crippen LogP contribution in [0.4, 0.5) is 0 Å². The SMILES string of the molecule is CCC(CC)n1ncc(C(=O)N[C@@H](CC(C)C)C(=O)O)c1C. The fraction of sp³-hybridized carbons (Fsp3) is 0.688. The Morgan fingerprint density at radius 1 is 1.32 bits per heavy atom. The summed E-state index contributed by atoms with van der Waals surface area (Å²) in [6.45, 7) is 9.87.